The third kappa shape index (κ3) is 6.52. The Morgan fingerprint density at radius 2 is 1.93 bits per heavy atom. The Hall–Kier alpha value is -1.96. The van der Waals surface area contributed by atoms with Crippen molar-refractivity contribution in [1.82, 2.24) is 14.8 Å². The molecule has 164 valence electrons. The molecular weight excluding hydrogens is 398 g/mol. The average molecular weight is 432 g/mol. The van der Waals surface area contributed by atoms with Crippen molar-refractivity contribution >= 4 is 17.2 Å². The van der Waals surface area contributed by atoms with Crippen LogP contribution in [0.25, 0.3) is 10.6 Å². The molecule has 0 saturated carbocycles. The van der Waals surface area contributed by atoms with Gasteiger partial charge in [-0.3, -0.25) is 9.69 Å². The summed E-state index contributed by atoms with van der Waals surface area (Å²) in [6.07, 6.45) is 4.60. The van der Waals surface area contributed by atoms with Gasteiger partial charge < -0.3 is 14.4 Å². The molecule has 1 aliphatic rings. The van der Waals surface area contributed by atoms with Gasteiger partial charge in [0.1, 0.15) is 16.5 Å². The van der Waals surface area contributed by atoms with Crippen molar-refractivity contribution < 1.29 is 14.3 Å². The summed E-state index contributed by atoms with van der Waals surface area (Å²) in [5, 5.41) is 2.75. The quantitative estimate of drug-likeness (QED) is 0.500. The predicted molar refractivity (Wildman–Crippen MR) is 121 cm³/mol. The van der Waals surface area contributed by atoms with Crippen molar-refractivity contribution in [3.8, 4) is 16.3 Å². The number of ether oxygens (including phenoxy) is 2. The fourth-order valence-electron chi connectivity index (χ4n) is 3.53. The summed E-state index contributed by atoms with van der Waals surface area (Å²) in [5.74, 6) is 0.851. The first kappa shape index (κ1) is 22.7. The van der Waals surface area contributed by atoms with Crippen molar-refractivity contribution in [3.63, 3.8) is 0 Å². The number of unbranched alkanes of at least 4 members (excludes halogenated alkanes) is 3. The average Bonchev–Trinajstić information content (AvgIpc) is 3.29. The predicted octanol–water partition coefficient (Wildman–Crippen LogP) is 4.17. The van der Waals surface area contributed by atoms with E-state index in [0.29, 0.717) is 5.69 Å². The van der Waals surface area contributed by atoms with Crippen LogP contribution < -0.4 is 4.74 Å². The van der Waals surface area contributed by atoms with Crippen LogP contribution in [0, 0.1) is 0 Å². The van der Waals surface area contributed by atoms with Gasteiger partial charge in [0, 0.05) is 43.7 Å². The SMILES string of the molecule is CCCCCCN(CCN1CCOCC1)C(=O)c1csc(-c2ccc(OC)cc2)n1. The van der Waals surface area contributed by atoms with Crippen molar-refractivity contribution in [2.75, 3.05) is 53.0 Å². The molecule has 0 unspecified atom stereocenters. The number of rotatable bonds is 11. The molecule has 3 rings (SSSR count). The first-order valence-corrected chi connectivity index (χ1v) is 11.8. The number of hydrogen-bond donors (Lipinski definition) is 0. The van der Waals surface area contributed by atoms with E-state index in [2.05, 4.69) is 16.8 Å². The summed E-state index contributed by atoms with van der Waals surface area (Å²) in [4.78, 5) is 22.2. The number of thiazole rings is 1. The van der Waals surface area contributed by atoms with E-state index >= 15 is 0 Å². The van der Waals surface area contributed by atoms with E-state index in [1.54, 1.807) is 7.11 Å². The second-order valence-corrected chi connectivity index (χ2v) is 8.43. The van der Waals surface area contributed by atoms with Crippen LogP contribution in [-0.2, 0) is 4.74 Å². The molecule has 2 heterocycles. The Kier molecular flexibility index (Phi) is 9.11. The normalized spacial score (nSPS) is 14.6. The third-order valence-electron chi connectivity index (χ3n) is 5.42. The van der Waals surface area contributed by atoms with Crippen LogP contribution in [0.2, 0.25) is 0 Å². The molecule has 0 bridgehead atoms. The molecule has 1 aliphatic heterocycles. The van der Waals surface area contributed by atoms with Gasteiger partial charge in [0.05, 0.1) is 20.3 Å². The van der Waals surface area contributed by atoms with Gasteiger partial charge in [-0.25, -0.2) is 4.98 Å². The van der Waals surface area contributed by atoms with E-state index in [9.17, 15) is 4.79 Å². The van der Waals surface area contributed by atoms with Gasteiger partial charge in [0.25, 0.3) is 5.91 Å². The van der Waals surface area contributed by atoms with Gasteiger partial charge in [-0.1, -0.05) is 26.2 Å². The Bertz CT molecular complexity index is 772. The van der Waals surface area contributed by atoms with E-state index in [4.69, 9.17) is 9.47 Å². The Balaban J connectivity index is 1.64. The van der Waals surface area contributed by atoms with Crippen molar-refractivity contribution in [2.45, 2.75) is 32.6 Å². The fourth-order valence-corrected chi connectivity index (χ4v) is 4.33. The third-order valence-corrected chi connectivity index (χ3v) is 6.31. The lowest BCUT2D eigenvalue weighted by atomic mass is 10.2. The van der Waals surface area contributed by atoms with Crippen molar-refractivity contribution in [3.05, 3.63) is 35.3 Å². The molecule has 1 fully saturated rings. The molecule has 6 nitrogen and oxygen atoms in total. The van der Waals surface area contributed by atoms with Gasteiger partial charge in [-0.2, -0.15) is 0 Å². The standard InChI is InChI=1S/C23H33N3O3S/c1-3-4-5-6-11-26(13-12-25-14-16-29-17-15-25)23(27)21-18-30-22(24-21)19-7-9-20(28-2)10-8-19/h7-10,18H,3-6,11-17H2,1-2H3. The molecule has 1 aromatic heterocycles. The minimum atomic E-state index is 0.0377. The number of morpholine rings is 1. The highest BCUT2D eigenvalue weighted by atomic mass is 32.1. The van der Waals surface area contributed by atoms with E-state index in [1.165, 1.54) is 24.2 Å². The maximum atomic E-state index is 13.2. The number of nitrogens with zero attached hydrogens (tertiary/aromatic N) is 3. The molecule has 0 radical (unpaired) electrons. The summed E-state index contributed by atoms with van der Waals surface area (Å²) in [7, 11) is 1.65. The van der Waals surface area contributed by atoms with Crippen molar-refractivity contribution in [2.24, 2.45) is 0 Å². The Morgan fingerprint density at radius 1 is 1.17 bits per heavy atom. The van der Waals surface area contributed by atoms with Crippen LogP contribution in [0.15, 0.2) is 29.6 Å². The van der Waals surface area contributed by atoms with Gasteiger partial charge >= 0.3 is 0 Å². The molecule has 1 aromatic carbocycles. The number of hydrogen-bond acceptors (Lipinski definition) is 6. The maximum absolute atomic E-state index is 13.2. The van der Waals surface area contributed by atoms with Crippen LogP contribution >= 0.6 is 11.3 Å². The van der Waals surface area contributed by atoms with Gasteiger partial charge in [0.2, 0.25) is 0 Å². The van der Waals surface area contributed by atoms with Crippen molar-refractivity contribution in [1.29, 1.82) is 0 Å². The summed E-state index contributed by atoms with van der Waals surface area (Å²) in [6, 6.07) is 7.79. The number of methoxy groups -OCH3 is 1. The summed E-state index contributed by atoms with van der Waals surface area (Å²) in [6.45, 7) is 8.06. The second kappa shape index (κ2) is 12.0. The minimum absolute atomic E-state index is 0.0377. The number of aromatic nitrogens is 1. The lowest BCUT2D eigenvalue weighted by Crippen LogP contribution is -2.43. The van der Waals surface area contributed by atoms with Crippen LogP contribution in [0.4, 0.5) is 0 Å². The maximum Gasteiger partial charge on any atom is 0.273 e. The number of carbonyl (C=O) groups is 1. The monoisotopic (exact) mass is 431 g/mol. The Morgan fingerprint density at radius 3 is 2.63 bits per heavy atom. The fraction of sp³-hybridized carbons (Fsp3) is 0.565. The van der Waals surface area contributed by atoms with E-state index < -0.39 is 0 Å². The molecule has 30 heavy (non-hydrogen) atoms. The van der Waals surface area contributed by atoms with Crippen LogP contribution in [0.1, 0.15) is 43.1 Å². The molecule has 0 spiro atoms. The van der Waals surface area contributed by atoms with E-state index in [1.807, 2.05) is 34.5 Å². The minimum Gasteiger partial charge on any atom is -0.497 e. The lowest BCUT2D eigenvalue weighted by Gasteiger charge is -2.30. The highest BCUT2D eigenvalue weighted by Gasteiger charge is 2.20. The highest BCUT2D eigenvalue weighted by molar-refractivity contribution is 7.13. The highest BCUT2D eigenvalue weighted by Crippen LogP contribution is 2.26. The zero-order chi connectivity index (χ0) is 21.2. The summed E-state index contributed by atoms with van der Waals surface area (Å²) < 4.78 is 10.7. The summed E-state index contributed by atoms with van der Waals surface area (Å²) >= 11 is 1.51. The van der Waals surface area contributed by atoms with Gasteiger partial charge in [0.15, 0.2) is 0 Å². The van der Waals surface area contributed by atoms with Crippen LogP contribution in [0.5, 0.6) is 5.75 Å². The molecule has 1 amide bonds. The molecule has 0 atom stereocenters. The van der Waals surface area contributed by atoms with Gasteiger partial charge in [-0.05, 0) is 30.7 Å². The molecule has 1 saturated heterocycles. The smallest absolute Gasteiger partial charge is 0.273 e. The number of amides is 1. The largest absolute Gasteiger partial charge is 0.497 e. The molecular formula is C23H33N3O3S. The topological polar surface area (TPSA) is 54.9 Å². The first-order valence-electron chi connectivity index (χ1n) is 10.9. The number of benzene rings is 1. The van der Waals surface area contributed by atoms with E-state index in [0.717, 1.165) is 75.1 Å². The lowest BCUT2D eigenvalue weighted by molar-refractivity contribution is 0.0323. The van der Waals surface area contributed by atoms with Crippen LogP contribution in [-0.4, -0.2) is 73.7 Å². The van der Waals surface area contributed by atoms with Gasteiger partial charge in [-0.15, -0.1) is 11.3 Å². The Labute approximate surface area is 183 Å². The van der Waals surface area contributed by atoms with E-state index in [-0.39, 0.29) is 5.91 Å². The molecule has 7 heteroatoms. The molecule has 0 N–H and O–H groups in total. The molecule has 0 aliphatic carbocycles. The first-order chi connectivity index (χ1) is 14.7. The van der Waals surface area contributed by atoms with Crippen LogP contribution in [0.3, 0.4) is 0 Å². The molecule has 2 aromatic rings. The second-order valence-electron chi connectivity index (χ2n) is 7.57. The number of carbonyl (C=O) groups excluding carboxylic acids is 1. The zero-order valence-electron chi connectivity index (χ0n) is 18.1. The summed E-state index contributed by atoms with van der Waals surface area (Å²) in [5.41, 5.74) is 1.55. The zero-order valence-corrected chi connectivity index (χ0v) is 19.0.